The van der Waals surface area contributed by atoms with Crippen molar-refractivity contribution in [3.63, 3.8) is 0 Å². The van der Waals surface area contributed by atoms with Gasteiger partial charge in [-0.1, -0.05) is 42.5 Å². The third-order valence-corrected chi connectivity index (χ3v) is 4.87. The number of anilines is 2. The number of amides is 1. The molecule has 148 valence electrons. The van der Waals surface area contributed by atoms with Crippen LogP contribution in [-0.4, -0.2) is 32.2 Å². The molecule has 3 aromatic rings. The summed E-state index contributed by atoms with van der Waals surface area (Å²) >= 11 is 0. The summed E-state index contributed by atoms with van der Waals surface area (Å²) in [5.74, 6) is 0.597. The Labute approximate surface area is 170 Å². The standard InChI is InChI=1S/C24H24N2O3/c27-24(25-22-8-4-5-9-23(22)26-14-16-28-17-15-26)20-10-12-21(13-11-20)29-18-19-6-2-1-3-7-19/h1-13H,14-18H2,(H,25,27). The van der Waals surface area contributed by atoms with E-state index in [0.717, 1.165) is 35.8 Å². The summed E-state index contributed by atoms with van der Waals surface area (Å²) in [5, 5.41) is 3.04. The van der Waals surface area contributed by atoms with Crippen LogP contribution in [0.1, 0.15) is 15.9 Å². The molecule has 5 heteroatoms. The number of hydrogen-bond acceptors (Lipinski definition) is 4. The van der Waals surface area contributed by atoms with E-state index in [1.807, 2.05) is 66.7 Å². The van der Waals surface area contributed by atoms with E-state index in [9.17, 15) is 4.79 Å². The van der Waals surface area contributed by atoms with Gasteiger partial charge in [-0.05, 0) is 42.0 Å². The molecular weight excluding hydrogens is 364 g/mol. The normalized spacial score (nSPS) is 13.7. The van der Waals surface area contributed by atoms with Crippen molar-refractivity contribution in [2.75, 3.05) is 36.5 Å². The molecular formula is C24H24N2O3. The molecule has 1 amide bonds. The van der Waals surface area contributed by atoms with E-state index in [1.54, 1.807) is 12.1 Å². The molecule has 1 N–H and O–H groups in total. The predicted octanol–water partition coefficient (Wildman–Crippen LogP) is 4.35. The zero-order valence-corrected chi connectivity index (χ0v) is 16.2. The van der Waals surface area contributed by atoms with E-state index in [4.69, 9.17) is 9.47 Å². The lowest BCUT2D eigenvalue weighted by Crippen LogP contribution is -2.36. The number of carbonyl (C=O) groups is 1. The van der Waals surface area contributed by atoms with Gasteiger partial charge in [0.2, 0.25) is 0 Å². The SMILES string of the molecule is O=C(Nc1ccccc1N1CCOCC1)c1ccc(OCc2ccccc2)cc1. The summed E-state index contributed by atoms with van der Waals surface area (Å²) < 4.78 is 11.2. The van der Waals surface area contributed by atoms with E-state index in [1.165, 1.54) is 0 Å². The first-order valence-electron chi connectivity index (χ1n) is 9.79. The van der Waals surface area contributed by atoms with E-state index in [-0.39, 0.29) is 5.91 Å². The third kappa shape index (κ3) is 4.95. The van der Waals surface area contributed by atoms with Crippen molar-refractivity contribution in [2.24, 2.45) is 0 Å². The average molecular weight is 388 g/mol. The number of nitrogens with zero attached hydrogens (tertiary/aromatic N) is 1. The van der Waals surface area contributed by atoms with Gasteiger partial charge in [0.05, 0.1) is 24.6 Å². The van der Waals surface area contributed by atoms with Gasteiger partial charge in [0.15, 0.2) is 0 Å². The smallest absolute Gasteiger partial charge is 0.255 e. The van der Waals surface area contributed by atoms with Gasteiger partial charge >= 0.3 is 0 Å². The van der Waals surface area contributed by atoms with E-state index in [0.29, 0.717) is 25.4 Å². The molecule has 29 heavy (non-hydrogen) atoms. The number of carbonyl (C=O) groups excluding carboxylic acids is 1. The zero-order valence-electron chi connectivity index (χ0n) is 16.2. The molecule has 0 atom stereocenters. The highest BCUT2D eigenvalue weighted by Gasteiger charge is 2.16. The lowest BCUT2D eigenvalue weighted by molar-refractivity contribution is 0.102. The van der Waals surface area contributed by atoms with Crippen molar-refractivity contribution < 1.29 is 14.3 Å². The Morgan fingerprint density at radius 3 is 2.34 bits per heavy atom. The Balaban J connectivity index is 1.40. The van der Waals surface area contributed by atoms with E-state index >= 15 is 0 Å². The van der Waals surface area contributed by atoms with Gasteiger partial charge in [0, 0.05) is 18.7 Å². The quantitative estimate of drug-likeness (QED) is 0.682. The first-order chi connectivity index (χ1) is 14.3. The molecule has 5 nitrogen and oxygen atoms in total. The number of morpholine rings is 1. The molecule has 0 unspecified atom stereocenters. The van der Waals surface area contributed by atoms with Gasteiger partial charge in [0.25, 0.3) is 5.91 Å². The second kappa shape index (κ2) is 9.26. The first kappa shape index (κ1) is 19.0. The molecule has 1 saturated heterocycles. The van der Waals surface area contributed by atoms with Crippen molar-refractivity contribution in [2.45, 2.75) is 6.61 Å². The molecule has 0 aliphatic carbocycles. The van der Waals surface area contributed by atoms with Crippen molar-refractivity contribution in [3.05, 3.63) is 90.0 Å². The highest BCUT2D eigenvalue weighted by atomic mass is 16.5. The van der Waals surface area contributed by atoms with Crippen molar-refractivity contribution in [1.82, 2.24) is 0 Å². The van der Waals surface area contributed by atoms with Gasteiger partial charge in [0.1, 0.15) is 12.4 Å². The summed E-state index contributed by atoms with van der Waals surface area (Å²) in [6, 6.07) is 25.1. The molecule has 4 rings (SSSR count). The van der Waals surface area contributed by atoms with Crippen LogP contribution in [-0.2, 0) is 11.3 Å². The summed E-state index contributed by atoms with van der Waals surface area (Å²) in [7, 11) is 0. The molecule has 0 saturated carbocycles. The van der Waals surface area contributed by atoms with Crippen molar-refractivity contribution in [1.29, 1.82) is 0 Å². The van der Waals surface area contributed by atoms with Gasteiger partial charge in [-0.2, -0.15) is 0 Å². The van der Waals surface area contributed by atoms with Crippen LogP contribution in [0.5, 0.6) is 5.75 Å². The lowest BCUT2D eigenvalue weighted by atomic mass is 10.1. The molecule has 1 aliphatic heterocycles. The van der Waals surface area contributed by atoms with Gasteiger partial charge in [-0.3, -0.25) is 4.79 Å². The van der Waals surface area contributed by atoms with Gasteiger partial charge in [-0.15, -0.1) is 0 Å². The Kier molecular flexibility index (Phi) is 6.07. The molecule has 1 aliphatic rings. The van der Waals surface area contributed by atoms with Crippen LogP contribution in [0.25, 0.3) is 0 Å². The van der Waals surface area contributed by atoms with Crippen LogP contribution in [0, 0.1) is 0 Å². The van der Waals surface area contributed by atoms with Gasteiger partial charge in [-0.25, -0.2) is 0 Å². The van der Waals surface area contributed by atoms with Crippen LogP contribution >= 0.6 is 0 Å². The molecule has 3 aromatic carbocycles. The fourth-order valence-corrected chi connectivity index (χ4v) is 3.30. The van der Waals surface area contributed by atoms with Crippen LogP contribution < -0.4 is 15.0 Å². The summed E-state index contributed by atoms with van der Waals surface area (Å²) in [5.41, 5.74) is 3.53. The first-order valence-corrected chi connectivity index (χ1v) is 9.79. The number of rotatable bonds is 6. The summed E-state index contributed by atoms with van der Waals surface area (Å²) in [6.45, 7) is 3.54. The summed E-state index contributed by atoms with van der Waals surface area (Å²) in [6.07, 6.45) is 0. The molecule has 1 heterocycles. The number of nitrogens with one attached hydrogen (secondary N) is 1. The number of hydrogen-bond donors (Lipinski definition) is 1. The Hall–Kier alpha value is -3.31. The minimum atomic E-state index is -0.139. The number of benzene rings is 3. The van der Waals surface area contributed by atoms with Crippen LogP contribution in [0.15, 0.2) is 78.9 Å². The van der Waals surface area contributed by atoms with Crippen molar-refractivity contribution >= 4 is 17.3 Å². The van der Waals surface area contributed by atoms with Crippen LogP contribution in [0.3, 0.4) is 0 Å². The van der Waals surface area contributed by atoms with Crippen molar-refractivity contribution in [3.8, 4) is 5.75 Å². The average Bonchev–Trinajstić information content (AvgIpc) is 2.80. The van der Waals surface area contributed by atoms with E-state index in [2.05, 4.69) is 10.2 Å². The van der Waals surface area contributed by atoms with Gasteiger partial charge < -0.3 is 19.7 Å². The predicted molar refractivity (Wildman–Crippen MR) is 115 cm³/mol. The Bertz CT molecular complexity index is 936. The fourth-order valence-electron chi connectivity index (χ4n) is 3.30. The highest BCUT2D eigenvalue weighted by Crippen LogP contribution is 2.27. The minimum Gasteiger partial charge on any atom is -0.489 e. The largest absolute Gasteiger partial charge is 0.489 e. The monoisotopic (exact) mass is 388 g/mol. The molecule has 0 bridgehead atoms. The maximum atomic E-state index is 12.7. The number of para-hydroxylation sites is 2. The Morgan fingerprint density at radius 1 is 0.897 bits per heavy atom. The molecule has 1 fully saturated rings. The Morgan fingerprint density at radius 2 is 1.59 bits per heavy atom. The maximum Gasteiger partial charge on any atom is 0.255 e. The lowest BCUT2D eigenvalue weighted by Gasteiger charge is -2.30. The fraction of sp³-hybridized carbons (Fsp3) is 0.208. The topological polar surface area (TPSA) is 50.8 Å². The highest BCUT2D eigenvalue weighted by molar-refractivity contribution is 6.06. The van der Waals surface area contributed by atoms with Crippen LogP contribution in [0.2, 0.25) is 0 Å². The van der Waals surface area contributed by atoms with E-state index < -0.39 is 0 Å². The minimum absolute atomic E-state index is 0.139. The maximum absolute atomic E-state index is 12.7. The number of ether oxygens (including phenoxy) is 2. The third-order valence-electron chi connectivity index (χ3n) is 4.87. The molecule has 0 spiro atoms. The molecule has 0 radical (unpaired) electrons. The zero-order chi connectivity index (χ0) is 19.9. The molecule has 0 aromatic heterocycles. The second-order valence-electron chi connectivity index (χ2n) is 6.87. The second-order valence-corrected chi connectivity index (χ2v) is 6.87. The summed E-state index contributed by atoms with van der Waals surface area (Å²) in [4.78, 5) is 15.0. The van der Waals surface area contributed by atoms with Crippen LogP contribution in [0.4, 0.5) is 11.4 Å².